The van der Waals surface area contributed by atoms with Crippen LogP contribution in [0.4, 0.5) is 5.13 Å². The van der Waals surface area contributed by atoms with E-state index in [0.29, 0.717) is 27.2 Å². The largest absolute Gasteiger partial charge is 0.296 e. The van der Waals surface area contributed by atoms with Crippen molar-refractivity contribution in [3.8, 4) is 0 Å². The second kappa shape index (κ2) is 7.77. The van der Waals surface area contributed by atoms with Crippen molar-refractivity contribution in [2.75, 3.05) is 5.32 Å². The number of anilines is 1. The summed E-state index contributed by atoms with van der Waals surface area (Å²) in [6.07, 6.45) is 0.534. The van der Waals surface area contributed by atoms with Gasteiger partial charge in [0.2, 0.25) is 5.13 Å². The summed E-state index contributed by atoms with van der Waals surface area (Å²) in [6, 6.07) is 12.7. The van der Waals surface area contributed by atoms with Crippen molar-refractivity contribution in [3.05, 3.63) is 72.2 Å². The number of aromatic nitrogens is 2. The Kier molecular flexibility index (Phi) is 5.70. The number of carbonyl (C=O) groups is 1. The van der Waals surface area contributed by atoms with E-state index in [-0.39, 0.29) is 5.91 Å². The molecule has 0 unspecified atom stereocenters. The molecular formula is C16H10Cl2IN3OS. The van der Waals surface area contributed by atoms with Crippen LogP contribution in [0.1, 0.15) is 20.9 Å². The molecule has 0 atom stereocenters. The lowest BCUT2D eigenvalue weighted by molar-refractivity contribution is 0.102. The summed E-state index contributed by atoms with van der Waals surface area (Å²) >= 11 is 15.5. The minimum Gasteiger partial charge on any atom is -0.296 e. The molecule has 2 aromatic carbocycles. The van der Waals surface area contributed by atoms with E-state index in [2.05, 4.69) is 38.1 Å². The van der Waals surface area contributed by atoms with Crippen LogP contribution in [-0.4, -0.2) is 16.1 Å². The van der Waals surface area contributed by atoms with Gasteiger partial charge in [0.25, 0.3) is 5.91 Å². The Labute approximate surface area is 166 Å². The van der Waals surface area contributed by atoms with Crippen molar-refractivity contribution in [1.82, 2.24) is 10.2 Å². The number of nitrogens with zero attached hydrogens (tertiary/aromatic N) is 2. The molecule has 0 radical (unpaired) electrons. The van der Waals surface area contributed by atoms with Crippen molar-refractivity contribution in [1.29, 1.82) is 0 Å². The van der Waals surface area contributed by atoms with Crippen LogP contribution in [0.3, 0.4) is 0 Å². The molecule has 0 aliphatic carbocycles. The summed E-state index contributed by atoms with van der Waals surface area (Å²) in [7, 11) is 0. The molecule has 0 fully saturated rings. The van der Waals surface area contributed by atoms with Crippen LogP contribution in [0, 0.1) is 3.57 Å². The molecule has 1 aromatic heterocycles. The molecule has 1 heterocycles. The molecule has 0 spiro atoms. The lowest BCUT2D eigenvalue weighted by atomic mass is 10.2. The molecule has 0 aliphatic heterocycles. The van der Waals surface area contributed by atoms with Crippen molar-refractivity contribution in [3.63, 3.8) is 0 Å². The smallest absolute Gasteiger partial charge is 0.258 e. The van der Waals surface area contributed by atoms with E-state index < -0.39 is 0 Å². The predicted molar refractivity (Wildman–Crippen MR) is 106 cm³/mol. The van der Waals surface area contributed by atoms with Crippen LogP contribution in [0.15, 0.2) is 42.5 Å². The second-order valence-electron chi connectivity index (χ2n) is 4.85. The Morgan fingerprint density at radius 3 is 2.71 bits per heavy atom. The van der Waals surface area contributed by atoms with E-state index in [1.54, 1.807) is 18.2 Å². The summed E-state index contributed by atoms with van der Waals surface area (Å²) in [5, 5.41) is 13.3. The molecule has 4 nitrogen and oxygen atoms in total. The van der Waals surface area contributed by atoms with Gasteiger partial charge >= 0.3 is 0 Å². The maximum Gasteiger partial charge on any atom is 0.258 e. The zero-order valence-corrected chi connectivity index (χ0v) is 16.6. The van der Waals surface area contributed by atoms with E-state index >= 15 is 0 Å². The molecule has 3 rings (SSSR count). The highest BCUT2D eigenvalue weighted by atomic mass is 127. The third-order valence-corrected chi connectivity index (χ3v) is 5.53. The van der Waals surface area contributed by atoms with Crippen molar-refractivity contribution < 1.29 is 4.79 Å². The zero-order chi connectivity index (χ0) is 17.1. The Balaban J connectivity index is 1.72. The molecule has 1 amide bonds. The molecule has 122 valence electrons. The third kappa shape index (κ3) is 4.24. The van der Waals surface area contributed by atoms with Crippen LogP contribution in [-0.2, 0) is 6.42 Å². The first-order valence-electron chi connectivity index (χ1n) is 6.85. The van der Waals surface area contributed by atoms with Crippen LogP contribution in [0.25, 0.3) is 0 Å². The summed E-state index contributed by atoms with van der Waals surface area (Å²) in [4.78, 5) is 12.3. The minimum atomic E-state index is -0.202. The molecule has 0 aliphatic rings. The highest BCUT2D eigenvalue weighted by Gasteiger charge is 2.13. The SMILES string of the molecule is O=C(Nc1nnc(Cc2ccc(Cl)cc2Cl)s1)c1ccccc1I. The summed E-state index contributed by atoms with van der Waals surface area (Å²) in [5.41, 5.74) is 1.52. The van der Waals surface area contributed by atoms with Crippen molar-refractivity contribution in [2.45, 2.75) is 6.42 Å². The average Bonchev–Trinajstić information content (AvgIpc) is 2.97. The first-order chi connectivity index (χ1) is 11.5. The van der Waals surface area contributed by atoms with Gasteiger partial charge in [-0.2, -0.15) is 0 Å². The number of halogens is 3. The Bertz CT molecular complexity index is 901. The number of nitrogens with one attached hydrogen (secondary N) is 1. The number of rotatable bonds is 4. The van der Waals surface area contributed by atoms with Gasteiger partial charge in [0.15, 0.2) is 0 Å². The van der Waals surface area contributed by atoms with Gasteiger partial charge < -0.3 is 0 Å². The molecule has 3 aromatic rings. The molecule has 24 heavy (non-hydrogen) atoms. The maximum atomic E-state index is 12.3. The van der Waals surface area contributed by atoms with Gasteiger partial charge in [0, 0.05) is 20.0 Å². The molecule has 0 bridgehead atoms. The molecule has 0 saturated carbocycles. The van der Waals surface area contributed by atoms with Crippen LogP contribution in [0.2, 0.25) is 10.0 Å². The summed E-state index contributed by atoms with van der Waals surface area (Å²) in [5.74, 6) is -0.202. The van der Waals surface area contributed by atoms with E-state index in [9.17, 15) is 4.79 Å². The van der Waals surface area contributed by atoms with Crippen molar-refractivity contribution >= 4 is 68.2 Å². The number of hydrogen-bond donors (Lipinski definition) is 1. The van der Waals surface area contributed by atoms with Gasteiger partial charge in [-0.25, -0.2) is 0 Å². The fourth-order valence-corrected chi connectivity index (χ4v) is 3.88. The Morgan fingerprint density at radius 1 is 1.17 bits per heavy atom. The first kappa shape index (κ1) is 17.6. The van der Waals surface area contributed by atoms with Crippen molar-refractivity contribution in [2.24, 2.45) is 0 Å². The number of benzene rings is 2. The summed E-state index contributed by atoms with van der Waals surface area (Å²) in [6.45, 7) is 0. The van der Waals surface area contributed by atoms with Gasteiger partial charge in [-0.15, -0.1) is 10.2 Å². The standard InChI is InChI=1S/C16H10Cl2IN3OS/c17-10-6-5-9(12(18)8-10)7-14-21-22-16(24-14)20-15(23)11-3-1-2-4-13(11)19/h1-6,8H,7H2,(H,20,22,23). The fraction of sp³-hybridized carbons (Fsp3) is 0.0625. The van der Waals surface area contributed by atoms with E-state index in [4.69, 9.17) is 23.2 Å². The normalized spacial score (nSPS) is 10.6. The Morgan fingerprint density at radius 2 is 1.96 bits per heavy atom. The lowest BCUT2D eigenvalue weighted by Crippen LogP contribution is -2.13. The fourth-order valence-electron chi connectivity index (χ4n) is 2.01. The monoisotopic (exact) mass is 489 g/mol. The third-order valence-electron chi connectivity index (χ3n) is 3.16. The van der Waals surface area contributed by atoms with E-state index in [1.165, 1.54) is 11.3 Å². The minimum absolute atomic E-state index is 0.202. The molecule has 0 saturated heterocycles. The topological polar surface area (TPSA) is 54.9 Å². The van der Waals surface area contributed by atoms with Crippen LogP contribution in [0.5, 0.6) is 0 Å². The van der Waals surface area contributed by atoms with Crippen LogP contribution >= 0.6 is 57.1 Å². The molecule has 1 N–H and O–H groups in total. The second-order valence-corrected chi connectivity index (χ2v) is 7.92. The highest BCUT2D eigenvalue weighted by molar-refractivity contribution is 14.1. The number of amides is 1. The van der Waals surface area contributed by atoms with E-state index in [0.717, 1.165) is 14.1 Å². The van der Waals surface area contributed by atoms with Gasteiger partial charge in [-0.3, -0.25) is 10.1 Å². The Hall–Kier alpha value is -1.22. The van der Waals surface area contributed by atoms with Crippen LogP contribution < -0.4 is 5.32 Å². The first-order valence-corrected chi connectivity index (χ1v) is 9.50. The van der Waals surface area contributed by atoms with Gasteiger partial charge in [-0.1, -0.05) is 52.7 Å². The number of carbonyl (C=O) groups excluding carboxylic acids is 1. The number of hydrogen-bond acceptors (Lipinski definition) is 4. The van der Waals surface area contributed by atoms with Gasteiger partial charge in [-0.05, 0) is 52.4 Å². The lowest BCUT2D eigenvalue weighted by Gasteiger charge is -2.03. The average molecular weight is 490 g/mol. The highest BCUT2D eigenvalue weighted by Crippen LogP contribution is 2.26. The maximum absolute atomic E-state index is 12.3. The van der Waals surface area contributed by atoms with E-state index in [1.807, 2.05) is 24.3 Å². The molecular weight excluding hydrogens is 480 g/mol. The summed E-state index contributed by atoms with van der Waals surface area (Å²) < 4.78 is 0.880. The quantitative estimate of drug-likeness (QED) is 0.506. The predicted octanol–water partition coefficient (Wildman–Crippen LogP) is 5.29. The zero-order valence-electron chi connectivity index (χ0n) is 12.1. The molecule has 8 heteroatoms. The van der Waals surface area contributed by atoms with Gasteiger partial charge in [0.1, 0.15) is 5.01 Å². The van der Waals surface area contributed by atoms with Gasteiger partial charge in [0.05, 0.1) is 5.56 Å².